The van der Waals surface area contributed by atoms with Gasteiger partial charge in [0.2, 0.25) is 0 Å². The Bertz CT molecular complexity index is 521. The van der Waals surface area contributed by atoms with E-state index in [1.54, 1.807) is 4.90 Å². The number of carboxylic acids is 1. The summed E-state index contributed by atoms with van der Waals surface area (Å²) >= 11 is 0. The minimum Gasteiger partial charge on any atom is -0.480 e. The fourth-order valence-electron chi connectivity index (χ4n) is 2.80. The molecular formula is C16H22N2O4. The summed E-state index contributed by atoms with van der Waals surface area (Å²) in [6.45, 7) is 5.44. The van der Waals surface area contributed by atoms with Gasteiger partial charge in [-0.1, -0.05) is 6.07 Å². The molecule has 1 saturated heterocycles. The Labute approximate surface area is 130 Å². The monoisotopic (exact) mass is 306 g/mol. The van der Waals surface area contributed by atoms with Crippen LogP contribution in [0.4, 0.5) is 5.69 Å². The van der Waals surface area contributed by atoms with E-state index < -0.39 is 12.0 Å². The van der Waals surface area contributed by atoms with E-state index >= 15 is 0 Å². The van der Waals surface area contributed by atoms with Gasteiger partial charge in [0.15, 0.2) is 0 Å². The standard InChI is InChI=1S/C16H22N2O4/c1-11-5-12(2)7-13(6-11)18(9-16(20)21)14(10-19)15-8-17-3-4-22-15/h5-7,10,14-15,17H,3-4,8-9H2,1-2H3,(H,20,21). The van der Waals surface area contributed by atoms with E-state index in [0.29, 0.717) is 13.2 Å². The van der Waals surface area contributed by atoms with Crippen LogP contribution in [0.15, 0.2) is 18.2 Å². The summed E-state index contributed by atoms with van der Waals surface area (Å²) in [4.78, 5) is 24.5. The Morgan fingerprint density at radius 1 is 1.45 bits per heavy atom. The second-order valence-corrected chi connectivity index (χ2v) is 5.61. The molecule has 2 rings (SSSR count). The molecular weight excluding hydrogens is 284 g/mol. The van der Waals surface area contributed by atoms with Crippen molar-refractivity contribution < 1.29 is 19.4 Å². The Balaban J connectivity index is 2.33. The maximum atomic E-state index is 11.6. The normalized spacial score (nSPS) is 19.5. The highest BCUT2D eigenvalue weighted by Gasteiger charge is 2.31. The maximum absolute atomic E-state index is 11.6. The lowest BCUT2D eigenvalue weighted by atomic mass is 10.1. The van der Waals surface area contributed by atoms with Crippen molar-refractivity contribution in [3.05, 3.63) is 29.3 Å². The van der Waals surface area contributed by atoms with Gasteiger partial charge < -0.3 is 24.9 Å². The van der Waals surface area contributed by atoms with Gasteiger partial charge in [-0.3, -0.25) is 4.79 Å². The third kappa shape index (κ3) is 4.05. The molecule has 0 saturated carbocycles. The van der Waals surface area contributed by atoms with Gasteiger partial charge in [0, 0.05) is 18.8 Å². The highest BCUT2D eigenvalue weighted by Crippen LogP contribution is 2.22. The van der Waals surface area contributed by atoms with Gasteiger partial charge in [0.1, 0.15) is 18.9 Å². The van der Waals surface area contributed by atoms with Crippen molar-refractivity contribution in [3.63, 3.8) is 0 Å². The van der Waals surface area contributed by atoms with E-state index in [1.165, 1.54) is 0 Å². The summed E-state index contributed by atoms with van der Waals surface area (Å²) in [6.07, 6.45) is 0.421. The number of carbonyl (C=O) groups is 2. The second-order valence-electron chi connectivity index (χ2n) is 5.61. The summed E-state index contributed by atoms with van der Waals surface area (Å²) in [6, 6.07) is 5.16. The van der Waals surface area contributed by atoms with Crippen LogP contribution < -0.4 is 10.2 Å². The number of aryl methyl sites for hydroxylation is 2. The number of aliphatic carboxylic acids is 1. The molecule has 1 aromatic carbocycles. The highest BCUT2D eigenvalue weighted by molar-refractivity contribution is 5.78. The first-order chi connectivity index (χ1) is 10.5. The Hall–Kier alpha value is -1.92. The smallest absolute Gasteiger partial charge is 0.323 e. The minimum absolute atomic E-state index is 0.244. The molecule has 1 aliphatic rings. The Kier molecular flexibility index (Phi) is 5.51. The molecule has 1 heterocycles. The molecule has 6 heteroatoms. The SMILES string of the molecule is Cc1cc(C)cc(N(CC(=O)O)C(C=O)C2CNCCO2)c1. The average molecular weight is 306 g/mol. The quantitative estimate of drug-likeness (QED) is 0.755. The molecule has 2 unspecified atom stereocenters. The lowest BCUT2D eigenvalue weighted by Crippen LogP contribution is -2.54. The molecule has 0 radical (unpaired) electrons. The third-order valence-corrected chi connectivity index (χ3v) is 3.68. The predicted octanol–water partition coefficient (Wildman–Crippen LogP) is 0.750. The number of morpholine rings is 1. The van der Waals surface area contributed by atoms with Crippen LogP contribution in [-0.2, 0) is 14.3 Å². The molecule has 1 aliphatic heterocycles. The van der Waals surface area contributed by atoms with Crippen LogP contribution in [0.1, 0.15) is 11.1 Å². The zero-order valence-electron chi connectivity index (χ0n) is 12.9. The number of benzene rings is 1. The zero-order chi connectivity index (χ0) is 16.1. The lowest BCUT2D eigenvalue weighted by Gasteiger charge is -2.36. The minimum atomic E-state index is -0.977. The molecule has 0 bridgehead atoms. The zero-order valence-corrected chi connectivity index (χ0v) is 12.9. The van der Waals surface area contributed by atoms with Gasteiger partial charge in [-0.2, -0.15) is 0 Å². The first-order valence-electron chi connectivity index (χ1n) is 7.35. The molecule has 0 spiro atoms. The number of anilines is 1. The molecule has 1 aromatic rings. The Morgan fingerprint density at radius 2 is 2.14 bits per heavy atom. The van der Waals surface area contributed by atoms with Gasteiger partial charge in [-0.25, -0.2) is 0 Å². The van der Waals surface area contributed by atoms with Crippen LogP contribution in [0.3, 0.4) is 0 Å². The molecule has 2 N–H and O–H groups in total. The number of rotatable bonds is 6. The lowest BCUT2D eigenvalue weighted by molar-refractivity contribution is -0.135. The van der Waals surface area contributed by atoms with Crippen molar-refractivity contribution >= 4 is 17.9 Å². The molecule has 22 heavy (non-hydrogen) atoms. The van der Waals surface area contributed by atoms with Crippen LogP contribution in [0.5, 0.6) is 0 Å². The molecule has 0 aromatic heterocycles. The number of ether oxygens (including phenoxy) is 1. The van der Waals surface area contributed by atoms with Crippen LogP contribution >= 0.6 is 0 Å². The summed E-state index contributed by atoms with van der Waals surface area (Å²) in [5.41, 5.74) is 2.78. The molecule has 1 fully saturated rings. The molecule has 120 valence electrons. The van der Waals surface area contributed by atoms with Crippen molar-refractivity contribution in [3.8, 4) is 0 Å². The van der Waals surface area contributed by atoms with Gasteiger partial charge in [-0.15, -0.1) is 0 Å². The van der Waals surface area contributed by atoms with Crippen LogP contribution in [0, 0.1) is 13.8 Å². The van der Waals surface area contributed by atoms with E-state index in [1.807, 2.05) is 32.0 Å². The van der Waals surface area contributed by atoms with Gasteiger partial charge in [0.25, 0.3) is 0 Å². The Morgan fingerprint density at radius 3 is 2.64 bits per heavy atom. The topological polar surface area (TPSA) is 78.9 Å². The van der Waals surface area contributed by atoms with Crippen molar-refractivity contribution in [2.45, 2.75) is 26.0 Å². The van der Waals surface area contributed by atoms with Crippen LogP contribution in [0.25, 0.3) is 0 Å². The number of carbonyl (C=O) groups excluding carboxylic acids is 1. The molecule has 6 nitrogen and oxygen atoms in total. The summed E-state index contributed by atoms with van der Waals surface area (Å²) < 4.78 is 5.65. The van der Waals surface area contributed by atoms with Crippen molar-refractivity contribution in [2.75, 3.05) is 31.1 Å². The summed E-state index contributed by atoms with van der Waals surface area (Å²) in [7, 11) is 0. The number of nitrogens with zero attached hydrogens (tertiary/aromatic N) is 1. The van der Waals surface area contributed by atoms with E-state index in [9.17, 15) is 14.7 Å². The van der Waals surface area contributed by atoms with Gasteiger partial charge in [-0.05, 0) is 37.1 Å². The van der Waals surface area contributed by atoms with E-state index in [4.69, 9.17) is 4.74 Å². The van der Waals surface area contributed by atoms with E-state index in [0.717, 1.165) is 29.6 Å². The molecule has 2 atom stereocenters. The van der Waals surface area contributed by atoms with E-state index in [-0.39, 0.29) is 12.6 Å². The van der Waals surface area contributed by atoms with Crippen molar-refractivity contribution in [1.29, 1.82) is 0 Å². The van der Waals surface area contributed by atoms with Crippen molar-refractivity contribution in [1.82, 2.24) is 5.32 Å². The fraction of sp³-hybridized carbons (Fsp3) is 0.500. The second kappa shape index (κ2) is 7.38. The fourth-order valence-corrected chi connectivity index (χ4v) is 2.80. The maximum Gasteiger partial charge on any atom is 0.323 e. The van der Waals surface area contributed by atoms with Gasteiger partial charge >= 0.3 is 5.97 Å². The molecule has 0 amide bonds. The molecule has 0 aliphatic carbocycles. The first-order valence-corrected chi connectivity index (χ1v) is 7.35. The van der Waals surface area contributed by atoms with Crippen LogP contribution in [0.2, 0.25) is 0 Å². The van der Waals surface area contributed by atoms with E-state index in [2.05, 4.69) is 5.32 Å². The number of hydrogen-bond donors (Lipinski definition) is 2. The highest BCUT2D eigenvalue weighted by atomic mass is 16.5. The number of carboxylic acid groups (broad SMARTS) is 1. The number of aldehydes is 1. The largest absolute Gasteiger partial charge is 0.480 e. The van der Waals surface area contributed by atoms with Gasteiger partial charge in [0.05, 0.1) is 12.7 Å². The van der Waals surface area contributed by atoms with Crippen molar-refractivity contribution in [2.24, 2.45) is 0 Å². The third-order valence-electron chi connectivity index (χ3n) is 3.68. The average Bonchev–Trinajstić information content (AvgIpc) is 2.46. The van der Waals surface area contributed by atoms with Crippen LogP contribution in [-0.4, -0.2) is 55.7 Å². The summed E-state index contributed by atoms with van der Waals surface area (Å²) in [5.74, 6) is -0.977. The number of nitrogens with one attached hydrogen (secondary N) is 1. The summed E-state index contributed by atoms with van der Waals surface area (Å²) in [5, 5.41) is 12.4. The predicted molar refractivity (Wildman–Crippen MR) is 83.4 cm³/mol. The number of hydrogen-bond acceptors (Lipinski definition) is 5. The first kappa shape index (κ1) is 16.5.